The molecule has 172 valence electrons. The molecule has 0 saturated heterocycles. The molecular weight excluding hydrogens is 422 g/mol. The number of hydrogen-bond acceptors (Lipinski definition) is 3. The fraction of sp³-hybridized carbons (Fsp3) is 0.423. The minimum Gasteiger partial charge on any atom is -0.481 e. The van der Waals surface area contributed by atoms with Gasteiger partial charge in [-0.05, 0) is 53.0 Å². The van der Waals surface area contributed by atoms with Gasteiger partial charge in [-0.1, -0.05) is 71.9 Å². The Labute approximate surface area is 191 Å². The summed E-state index contributed by atoms with van der Waals surface area (Å²) in [5, 5.41) is 10.2. The lowest BCUT2D eigenvalue weighted by molar-refractivity contribution is -0.138. The van der Waals surface area contributed by atoms with Crippen molar-refractivity contribution in [2.45, 2.75) is 77.0 Å². The van der Waals surface area contributed by atoms with Crippen molar-refractivity contribution in [2.24, 2.45) is 0 Å². The Bertz CT molecular complexity index is 1240. The summed E-state index contributed by atoms with van der Waals surface area (Å²) in [5.41, 5.74) is 3.70. The fourth-order valence-corrected chi connectivity index (χ4v) is 6.19. The standard InChI is InChI=1S/C26H33NO4S/c1-15(2)19-12-21(16(3)4)25(22(13-19)17(5)6)32(30,31)27-14-23(18(7)26(28)29)20-10-8-9-11-24(20)27/h8-18H,1-7H3,(H,28,29). The highest BCUT2D eigenvalue weighted by Crippen LogP contribution is 2.38. The maximum absolute atomic E-state index is 14.2. The van der Waals surface area contributed by atoms with Crippen molar-refractivity contribution < 1.29 is 18.3 Å². The van der Waals surface area contributed by atoms with Gasteiger partial charge in [0.1, 0.15) is 0 Å². The number of aliphatic carboxylic acids is 1. The maximum atomic E-state index is 14.2. The van der Waals surface area contributed by atoms with Crippen LogP contribution in [-0.2, 0) is 14.8 Å². The zero-order valence-electron chi connectivity index (χ0n) is 19.9. The lowest BCUT2D eigenvalue weighted by Gasteiger charge is -2.23. The third-order valence-electron chi connectivity index (χ3n) is 6.14. The van der Waals surface area contributed by atoms with Gasteiger partial charge in [-0.3, -0.25) is 4.79 Å². The Balaban J connectivity index is 2.42. The van der Waals surface area contributed by atoms with Gasteiger partial charge < -0.3 is 5.11 Å². The monoisotopic (exact) mass is 455 g/mol. The van der Waals surface area contributed by atoms with Crippen LogP contribution in [-0.4, -0.2) is 23.5 Å². The Morgan fingerprint density at radius 3 is 1.84 bits per heavy atom. The average Bonchev–Trinajstić information content (AvgIpc) is 3.12. The van der Waals surface area contributed by atoms with E-state index < -0.39 is 21.9 Å². The molecule has 0 aliphatic heterocycles. The van der Waals surface area contributed by atoms with E-state index in [4.69, 9.17) is 0 Å². The number of carboxylic acid groups (broad SMARTS) is 1. The van der Waals surface area contributed by atoms with Crippen LogP contribution in [0.15, 0.2) is 47.5 Å². The van der Waals surface area contributed by atoms with Gasteiger partial charge in [0, 0.05) is 11.6 Å². The van der Waals surface area contributed by atoms with Crippen molar-refractivity contribution >= 4 is 26.9 Å². The molecule has 1 N–H and O–H groups in total. The first kappa shape index (κ1) is 24.1. The molecule has 2 aromatic carbocycles. The van der Waals surface area contributed by atoms with E-state index in [-0.39, 0.29) is 17.8 Å². The highest BCUT2D eigenvalue weighted by molar-refractivity contribution is 7.90. The van der Waals surface area contributed by atoms with Crippen LogP contribution in [0.3, 0.4) is 0 Å². The van der Waals surface area contributed by atoms with E-state index in [1.54, 1.807) is 31.2 Å². The van der Waals surface area contributed by atoms with Crippen molar-refractivity contribution in [3.63, 3.8) is 0 Å². The molecule has 0 spiro atoms. The number of hydrogen-bond donors (Lipinski definition) is 1. The molecular formula is C26H33NO4S. The molecule has 3 aromatic rings. The van der Waals surface area contributed by atoms with Gasteiger partial charge in [0.25, 0.3) is 10.0 Å². The SMILES string of the molecule is CC(C)c1cc(C(C)C)c(S(=O)(=O)n2cc(C(C)C(=O)O)c3ccccc32)c(C(C)C)c1. The van der Waals surface area contributed by atoms with E-state index in [0.717, 1.165) is 16.7 Å². The van der Waals surface area contributed by atoms with E-state index >= 15 is 0 Å². The first-order valence-electron chi connectivity index (χ1n) is 11.1. The van der Waals surface area contributed by atoms with Gasteiger partial charge >= 0.3 is 5.97 Å². The second kappa shape index (κ2) is 8.74. The second-order valence-electron chi connectivity index (χ2n) is 9.45. The van der Waals surface area contributed by atoms with Crippen LogP contribution in [0.4, 0.5) is 0 Å². The molecule has 6 heteroatoms. The predicted molar refractivity (Wildman–Crippen MR) is 129 cm³/mol. The molecule has 0 bridgehead atoms. The molecule has 5 nitrogen and oxygen atoms in total. The summed E-state index contributed by atoms with van der Waals surface area (Å²) in [7, 11) is -3.97. The van der Waals surface area contributed by atoms with Crippen molar-refractivity contribution in [1.29, 1.82) is 0 Å². The first-order chi connectivity index (χ1) is 14.9. The summed E-state index contributed by atoms with van der Waals surface area (Å²) in [5.74, 6) is -1.52. The van der Waals surface area contributed by atoms with Gasteiger partial charge in [-0.2, -0.15) is 0 Å². The lowest BCUT2D eigenvalue weighted by atomic mass is 9.89. The third-order valence-corrected chi connectivity index (χ3v) is 7.95. The maximum Gasteiger partial charge on any atom is 0.310 e. The zero-order chi connectivity index (χ0) is 24.0. The number of fused-ring (bicyclic) bond motifs is 1. The Kier molecular flexibility index (Phi) is 6.57. The van der Waals surface area contributed by atoms with E-state index in [0.29, 0.717) is 21.4 Å². The summed E-state index contributed by atoms with van der Waals surface area (Å²) in [6.45, 7) is 13.8. The van der Waals surface area contributed by atoms with Gasteiger partial charge in [0.2, 0.25) is 0 Å². The summed E-state index contributed by atoms with van der Waals surface area (Å²) in [6, 6.07) is 11.1. The molecule has 3 rings (SSSR count). The van der Waals surface area contributed by atoms with Gasteiger partial charge in [0.15, 0.2) is 0 Å². The summed E-state index contributed by atoms with van der Waals surface area (Å²) in [6.07, 6.45) is 1.49. The number of benzene rings is 2. The molecule has 0 aliphatic rings. The average molecular weight is 456 g/mol. The number of carboxylic acids is 1. The van der Waals surface area contributed by atoms with Crippen molar-refractivity contribution in [3.05, 3.63) is 64.8 Å². The Morgan fingerprint density at radius 2 is 1.38 bits per heavy atom. The Hall–Kier alpha value is -2.60. The van der Waals surface area contributed by atoms with Crippen LogP contribution in [0.2, 0.25) is 0 Å². The van der Waals surface area contributed by atoms with Crippen molar-refractivity contribution in [2.75, 3.05) is 0 Å². The third kappa shape index (κ3) is 4.08. The van der Waals surface area contributed by atoms with Crippen molar-refractivity contribution in [3.8, 4) is 0 Å². The van der Waals surface area contributed by atoms with E-state index in [1.807, 2.05) is 39.8 Å². The number of rotatable bonds is 7. The van der Waals surface area contributed by atoms with Crippen LogP contribution in [0.1, 0.15) is 94.4 Å². The molecule has 1 unspecified atom stereocenters. The normalized spacial score (nSPS) is 13.4. The minimum atomic E-state index is -3.97. The topological polar surface area (TPSA) is 76.4 Å². The lowest BCUT2D eigenvalue weighted by Crippen LogP contribution is -2.18. The predicted octanol–water partition coefficient (Wildman–Crippen LogP) is 6.44. The second-order valence-corrected chi connectivity index (χ2v) is 11.2. The van der Waals surface area contributed by atoms with E-state index in [2.05, 4.69) is 13.8 Å². The molecule has 0 saturated carbocycles. The molecule has 0 radical (unpaired) electrons. The first-order valence-corrected chi connectivity index (χ1v) is 12.6. The molecule has 32 heavy (non-hydrogen) atoms. The smallest absolute Gasteiger partial charge is 0.310 e. The number of para-hydroxylation sites is 1. The minimum absolute atomic E-state index is 0.00946. The summed E-state index contributed by atoms with van der Waals surface area (Å²) >= 11 is 0. The quantitative estimate of drug-likeness (QED) is 0.445. The highest BCUT2D eigenvalue weighted by atomic mass is 32.2. The van der Waals surface area contributed by atoms with Crippen LogP contribution >= 0.6 is 0 Å². The Morgan fingerprint density at radius 1 is 0.844 bits per heavy atom. The highest BCUT2D eigenvalue weighted by Gasteiger charge is 2.31. The molecule has 0 amide bonds. The molecule has 1 atom stereocenters. The molecule has 0 aliphatic carbocycles. The van der Waals surface area contributed by atoms with Crippen molar-refractivity contribution in [1.82, 2.24) is 3.97 Å². The number of nitrogens with zero attached hydrogens (tertiary/aromatic N) is 1. The molecule has 1 aromatic heterocycles. The number of aromatic nitrogens is 1. The van der Waals surface area contributed by atoms with E-state index in [9.17, 15) is 18.3 Å². The zero-order valence-corrected chi connectivity index (χ0v) is 20.7. The van der Waals surface area contributed by atoms with Gasteiger partial charge in [0.05, 0.1) is 16.3 Å². The van der Waals surface area contributed by atoms with E-state index in [1.165, 1.54) is 10.2 Å². The van der Waals surface area contributed by atoms with Gasteiger partial charge in [-0.25, -0.2) is 12.4 Å². The van der Waals surface area contributed by atoms with Crippen LogP contribution in [0.5, 0.6) is 0 Å². The number of carbonyl (C=O) groups is 1. The fourth-order valence-electron chi connectivity index (χ4n) is 4.14. The largest absolute Gasteiger partial charge is 0.481 e. The molecule has 1 heterocycles. The van der Waals surface area contributed by atoms with Gasteiger partial charge in [-0.15, -0.1) is 0 Å². The van der Waals surface area contributed by atoms with Crippen LogP contribution < -0.4 is 0 Å². The van der Waals surface area contributed by atoms with Crippen LogP contribution in [0.25, 0.3) is 10.9 Å². The summed E-state index contributed by atoms with van der Waals surface area (Å²) < 4.78 is 29.7. The van der Waals surface area contributed by atoms with Crippen LogP contribution in [0, 0.1) is 0 Å². The summed E-state index contributed by atoms with van der Waals surface area (Å²) in [4.78, 5) is 12.0. The molecule has 0 fully saturated rings.